The van der Waals surface area contributed by atoms with Crippen LogP contribution >= 0.6 is 12.2 Å². The minimum Gasteiger partial charge on any atom is -0.497 e. The molecule has 148 valence electrons. The number of fused-ring (bicyclic) bond motifs is 2. The van der Waals surface area contributed by atoms with Crippen LogP contribution < -0.4 is 14.8 Å². The molecule has 0 amide bonds. The molecule has 27 heavy (non-hydrogen) atoms. The first-order valence-corrected chi connectivity index (χ1v) is 10.7. The van der Waals surface area contributed by atoms with Crippen molar-refractivity contribution < 1.29 is 9.47 Å². The fourth-order valence-electron chi connectivity index (χ4n) is 4.81. The monoisotopic (exact) mass is 389 g/mol. The molecular weight excluding hydrogens is 358 g/mol. The summed E-state index contributed by atoms with van der Waals surface area (Å²) < 4.78 is 11.0. The van der Waals surface area contributed by atoms with Crippen molar-refractivity contribution in [2.75, 3.05) is 46.4 Å². The predicted octanol–water partition coefficient (Wildman–Crippen LogP) is 2.75. The van der Waals surface area contributed by atoms with Gasteiger partial charge in [0.1, 0.15) is 18.1 Å². The van der Waals surface area contributed by atoms with Gasteiger partial charge in [-0.3, -0.25) is 4.90 Å². The number of nitrogens with zero attached hydrogens (tertiary/aromatic N) is 2. The van der Waals surface area contributed by atoms with E-state index in [1.165, 1.54) is 25.7 Å². The molecule has 5 nitrogen and oxygen atoms in total. The molecule has 0 spiro atoms. The van der Waals surface area contributed by atoms with Crippen molar-refractivity contribution in [1.29, 1.82) is 0 Å². The lowest BCUT2D eigenvalue weighted by Gasteiger charge is -2.37. The summed E-state index contributed by atoms with van der Waals surface area (Å²) in [6.45, 7) is 5.77. The van der Waals surface area contributed by atoms with Gasteiger partial charge in [-0.15, -0.1) is 0 Å². The smallest absolute Gasteiger partial charge is 0.169 e. The molecule has 4 rings (SSSR count). The van der Waals surface area contributed by atoms with Crippen LogP contribution in [0.4, 0.5) is 0 Å². The molecule has 0 unspecified atom stereocenters. The molecule has 3 aliphatic rings. The topological polar surface area (TPSA) is 37.0 Å². The fraction of sp³-hybridized carbons (Fsp3) is 0.667. The minimum atomic E-state index is 0.632. The normalized spacial score (nSPS) is 27.6. The molecule has 0 radical (unpaired) electrons. The van der Waals surface area contributed by atoms with Crippen LogP contribution in [0.1, 0.15) is 25.7 Å². The molecule has 3 fully saturated rings. The Kier molecular flexibility index (Phi) is 6.03. The number of piperazine rings is 1. The van der Waals surface area contributed by atoms with Gasteiger partial charge >= 0.3 is 0 Å². The molecule has 1 aromatic carbocycles. The first kappa shape index (κ1) is 18.8. The average Bonchev–Trinajstić information content (AvgIpc) is 3.32. The zero-order chi connectivity index (χ0) is 18.6. The Morgan fingerprint density at radius 2 is 1.81 bits per heavy atom. The molecule has 1 aliphatic heterocycles. The highest BCUT2D eigenvalue weighted by atomic mass is 32.1. The molecule has 6 heteroatoms. The Bertz CT molecular complexity index is 631. The van der Waals surface area contributed by atoms with Crippen molar-refractivity contribution in [2.24, 2.45) is 11.8 Å². The van der Waals surface area contributed by atoms with E-state index in [0.29, 0.717) is 12.6 Å². The van der Waals surface area contributed by atoms with E-state index in [1.54, 1.807) is 7.11 Å². The van der Waals surface area contributed by atoms with Crippen LogP contribution in [0.25, 0.3) is 0 Å². The van der Waals surface area contributed by atoms with Crippen LogP contribution in [0, 0.1) is 11.8 Å². The van der Waals surface area contributed by atoms with Crippen molar-refractivity contribution >= 4 is 17.3 Å². The second-order valence-electron chi connectivity index (χ2n) is 8.08. The molecule has 3 atom stereocenters. The molecule has 2 bridgehead atoms. The third-order valence-corrected chi connectivity index (χ3v) is 6.82. The van der Waals surface area contributed by atoms with Crippen molar-refractivity contribution in [2.45, 2.75) is 31.7 Å². The van der Waals surface area contributed by atoms with Gasteiger partial charge in [0.15, 0.2) is 5.11 Å². The van der Waals surface area contributed by atoms with E-state index < -0.39 is 0 Å². The summed E-state index contributed by atoms with van der Waals surface area (Å²) in [5, 5.41) is 4.65. The highest BCUT2D eigenvalue weighted by molar-refractivity contribution is 7.80. The number of methoxy groups -OCH3 is 1. The maximum Gasteiger partial charge on any atom is 0.169 e. The van der Waals surface area contributed by atoms with Crippen molar-refractivity contribution in [1.82, 2.24) is 15.1 Å². The Balaban J connectivity index is 1.14. The standard InChI is InChI=1S/C21H31N3O2S/c1-25-18-4-6-19(7-5-18)26-13-12-23-8-10-24(11-9-23)21(27)22-20-15-16-2-3-17(20)14-16/h4-7,16-17,20H,2-3,8-15H2,1H3,(H,22,27)/t16-,17-,20-/m0/s1. The van der Waals surface area contributed by atoms with E-state index in [2.05, 4.69) is 15.1 Å². The van der Waals surface area contributed by atoms with E-state index in [-0.39, 0.29) is 0 Å². The number of thiocarbonyl (C=S) groups is 1. The third kappa shape index (κ3) is 4.66. The maximum atomic E-state index is 5.85. The summed E-state index contributed by atoms with van der Waals surface area (Å²) in [5.74, 6) is 3.57. The number of benzene rings is 1. The van der Waals surface area contributed by atoms with Crippen LogP contribution in [0.2, 0.25) is 0 Å². The van der Waals surface area contributed by atoms with Gasteiger partial charge in [-0.1, -0.05) is 6.42 Å². The molecule has 2 aliphatic carbocycles. The lowest BCUT2D eigenvalue weighted by atomic mass is 9.95. The van der Waals surface area contributed by atoms with Crippen LogP contribution in [0.3, 0.4) is 0 Å². The molecule has 1 aromatic rings. The highest BCUT2D eigenvalue weighted by Gasteiger charge is 2.40. The third-order valence-electron chi connectivity index (χ3n) is 6.44. The van der Waals surface area contributed by atoms with E-state index in [0.717, 1.165) is 61.2 Å². The van der Waals surface area contributed by atoms with Gasteiger partial charge in [0, 0.05) is 38.8 Å². The van der Waals surface area contributed by atoms with Crippen molar-refractivity contribution in [3.05, 3.63) is 24.3 Å². The lowest BCUT2D eigenvalue weighted by Crippen LogP contribution is -2.54. The van der Waals surface area contributed by atoms with Gasteiger partial charge < -0.3 is 19.7 Å². The lowest BCUT2D eigenvalue weighted by molar-refractivity contribution is 0.152. The summed E-state index contributed by atoms with van der Waals surface area (Å²) in [6.07, 6.45) is 5.58. The van der Waals surface area contributed by atoms with Crippen molar-refractivity contribution in [3.8, 4) is 11.5 Å². The van der Waals surface area contributed by atoms with Gasteiger partial charge in [0.25, 0.3) is 0 Å². The quantitative estimate of drug-likeness (QED) is 0.754. The average molecular weight is 390 g/mol. The predicted molar refractivity (Wildman–Crippen MR) is 111 cm³/mol. The Morgan fingerprint density at radius 3 is 2.44 bits per heavy atom. The van der Waals surface area contributed by atoms with E-state index in [9.17, 15) is 0 Å². The van der Waals surface area contributed by atoms with Gasteiger partial charge in [0.05, 0.1) is 7.11 Å². The van der Waals surface area contributed by atoms with Gasteiger partial charge in [-0.05, 0) is 67.6 Å². The van der Waals surface area contributed by atoms with Crippen LogP contribution in [0.5, 0.6) is 11.5 Å². The number of hydrogen-bond donors (Lipinski definition) is 1. The minimum absolute atomic E-state index is 0.632. The number of ether oxygens (including phenoxy) is 2. The Hall–Kier alpha value is -1.53. The Labute approximate surface area is 168 Å². The van der Waals surface area contributed by atoms with Crippen LogP contribution in [-0.2, 0) is 0 Å². The first-order chi connectivity index (χ1) is 13.2. The van der Waals surface area contributed by atoms with E-state index in [1.807, 2.05) is 24.3 Å². The second kappa shape index (κ2) is 8.65. The number of hydrogen-bond acceptors (Lipinski definition) is 4. The van der Waals surface area contributed by atoms with Gasteiger partial charge in [-0.2, -0.15) is 0 Å². The SMILES string of the molecule is COc1ccc(OCCN2CCN(C(=S)N[C@H]3C[C@H]4CC[C@H]3C4)CC2)cc1. The van der Waals surface area contributed by atoms with E-state index in [4.69, 9.17) is 21.7 Å². The molecule has 0 aromatic heterocycles. The summed E-state index contributed by atoms with van der Waals surface area (Å²) in [7, 11) is 1.68. The highest BCUT2D eigenvalue weighted by Crippen LogP contribution is 2.44. The first-order valence-electron chi connectivity index (χ1n) is 10.3. The zero-order valence-electron chi connectivity index (χ0n) is 16.2. The largest absolute Gasteiger partial charge is 0.497 e. The summed E-state index contributed by atoms with van der Waals surface area (Å²) >= 11 is 5.70. The number of rotatable bonds is 6. The van der Waals surface area contributed by atoms with Crippen LogP contribution in [-0.4, -0.2) is 67.4 Å². The summed E-state index contributed by atoms with van der Waals surface area (Å²) in [4.78, 5) is 4.81. The maximum absolute atomic E-state index is 5.85. The summed E-state index contributed by atoms with van der Waals surface area (Å²) in [5.41, 5.74) is 0. The van der Waals surface area contributed by atoms with Crippen molar-refractivity contribution in [3.63, 3.8) is 0 Å². The summed E-state index contributed by atoms with van der Waals surface area (Å²) in [6, 6.07) is 8.40. The molecule has 1 heterocycles. The van der Waals surface area contributed by atoms with Gasteiger partial charge in [-0.25, -0.2) is 0 Å². The molecular formula is C21H31N3O2S. The number of nitrogens with one attached hydrogen (secondary N) is 1. The Morgan fingerprint density at radius 1 is 1.07 bits per heavy atom. The molecule has 1 N–H and O–H groups in total. The van der Waals surface area contributed by atoms with E-state index >= 15 is 0 Å². The molecule has 1 saturated heterocycles. The molecule has 2 saturated carbocycles. The fourth-order valence-corrected chi connectivity index (χ4v) is 5.14. The van der Waals surface area contributed by atoms with Gasteiger partial charge in [0.2, 0.25) is 0 Å². The zero-order valence-corrected chi connectivity index (χ0v) is 17.0. The second-order valence-corrected chi connectivity index (χ2v) is 8.47. The van der Waals surface area contributed by atoms with Crippen LogP contribution in [0.15, 0.2) is 24.3 Å².